The molecule has 1 aliphatic rings. The second-order valence-electron chi connectivity index (χ2n) is 7.01. The van der Waals surface area contributed by atoms with Crippen LogP contribution >= 0.6 is 0 Å². The SMILES string of the molecule is C/C=C\c1nc(C2CN(c3cc(-n4cc(CC)cn4)nc(C)n3)C2)[nH]c1C. The Kier molecular flexibility index (Phi) is 4.51. The Morgan fingerprint density at radius 1 is 1.19 bits per heavy atom. The maximum atomic E-state index is 4.73. The number of rotatable bonds is 5. The van der Waals surface area contributed by atoms with E-state index in [0.717, 1.165) is 54.2 Å². The van der Waals surface area contributed by atoms with Crippen molar-refractivity contribution >= 4 is 11.9 Å². The minimum atomic E-state index is 0.401. The zero-order valence-corrected chi connectivity index (χ0v) is 16.3. The van der Waals surface area contributed by atoms with Crippen molar-refractivity contribution in [3.05, 3.63) is 53.1 Å². The first kappa shape index (κ1) is 17.5. The van der Waals surface area contributed by atoms with E-state index in [2.05, 4.69) is 38.8 Å². The fourth-order valence-electron chi connectivity index (χ4n) is 3.33. The summed E-state index contributed by atoms with van der Waals surface area (Å²) in [4.78, 5) is 19.6. The van der Waals surface area contributed by atoms with Gasteiger partial charge in [-0.05, 0) is 38.8 Å². The molecule has 4 heterocycles. The lowest BCUT2D eigenvalue weighted by atomic mass is 9.99. The molecule has 7 nitrogen and oxygen atoms in total. The summed E-state index contributed by atoms with van der Waals surface area (Å²) >= 11 is 0. The maximum Gasteiger partial charge on any atom is 0.159 e. The normalized spacial score (nSPS) is 14.9. The second kappa shape index (κ2) is 6.98. The van der Waals surface area contributed by atoms with E-state index >= 15 is 0 Å². The highest BCUT2D eigenvalue weighted by Gasteiger charge is 2.32. The van der Waals surface area contributed by atoms with Gasteiger partial charge in [-0.2, -0.15) is 5.10 Å². The van der Waals surface area contributed by atoms with E-state index < -0.39 is 0 Å². The summed E-state index contributed by atoms with van der Waals surface area (Å²) in [6.07, 6.45) is 8.94. The average Bonchev–Trinajstić information content (AvgIpc) is 3.21. The van der Waals surface area contributed by atoms with Crippen molar-refractivity contribution in [3.63, 3.8) is 0 Å². The van der Waals surface area contributed by atoms with Gasteiger partial charge < -0.3 is 9.88 Å². The molecule has 140 valence electrons. The van der Waals surface area contributed by atoms with E-state index in [4.69, 9.17) is 4.98 Å². The molecule has 4 rings (SSSR count). The Labute approximate surface area is 159 Å². The molecule has 3 aromatic heterocycles. The van der Waals surface area contributed by atoms with Gasteiger partial charge in [0.15, 0.2) is 5.82 Å². The quantitative estimate of drug-likeness (QED) is 0.753. The van der Waals surface area contributed by atoms with E-state index in [-0.39, 0.29) is 0 Å². The monoisotopic (exact) mass is 363 g/mol. The number of aromatic amines is 1. The van der Waals surface area contributed by atoms with Gasteiger partial charge in [0.2, 0.25) is 0 Å². The molecular formula is C20H25N7. The van der Waals surface area contributed by atoms with Gasteiger partial charge >= 0.3 is 0 Å². The molecule has 0 unspecified atom stereocenters. The third kappa shape index (κ3) is 3.37. The highest BCUT2D eigenvalue weighted by molar-refractivity contribution is 5.50. The number of imidazole rings is 1. The summed E-state index contributed by atoms with van der Waals surface area (Å²) in [5, 5.41) is 4.42. The molecule has 0 amide bonds. The Morgan fingerprint density at radius 3 is 2.67 bits per heavy atom. The number of anilines is 1. The van der Waals surface area contributed by atoms with Crippen molar-refractivity contribution in [2.45, 2.75) is 40.0 Å². The zero-order valence-electron chi connectivity index (χ0n) is 16.3. The first-order valence-corrected chi connectivity index (χ1v) is 9.41. The number of hydrogen-bond donors (Lipinski definition) is 1. The molecule has 0 aromatic carbocycles. The predicted octanol–water partition coefficient (Wildman–Crippen LogP) is 3.20. The fraction of sp³-hybridized carbons (Fsp3) is 0.400. The van der Waals surface area contributed by atoms with Crippen molar-refractivity contribution in [1.29, 1.82) is 0 Å². The Morgan fingerprint density at radius 2 is 1.96 bits per heavy atom. The molecule has 0 spiro atoms. The van der Waals surface area contributed by atoms with Crippen LogP contribution in [0, 0.1) is 13.8 Å². The summed E-state index contributed by atoms with van der Waals surface area (Å²) in [6, 6.07) is 2.01. The molecule has 1 aliphatic heterocycles. The molecule has 0 bridgehead atoms. The molecule has 0 radical (unpaired) electrons. The lowest BCUT2D eigenvalue weighted by molar-refractivity contribution is 0.498. The van der Waals surface area contributed by atoms with Crippen molar-refractivity contribution < 1.29 is 0 Å². The van der Waals surface area contributed by atoms with Crippen molar-refractivity contribution in [2.24, 2.45) is 0 Å². The fourth-order valence-corrected chi connectivity index (χ4v) is 3.33. The van der Waals surface area contributed by atoms with Gasteiger partial charge in [0, 0.05) is 31.0 Å². The molecule has 3 aromatic rings. The van der Waals surface area contributed by atoms with E-state index in [1.165, 1.54) is 5.56 Å². The van der Waals surface area contributed by atoms with Crippen LogP contribution in [0.2, 0.25) is 0 Å². The largest absolute Gasteiger partial charge is 0.355 e. The Bertz CT molecular complexity index is 976. The van der Waals surface area contributed by atoms with Crippen LogP contribution in [0.15, 0.2) is 24.5 Å². The standard InChI is InChI=1S/C20H25N7/c1-5-7-17-13(3)22-20(25-17)16-11-26(12-16)18-8-19(24-14(4)23-18)27-10-15(6-2)9-21-27/h5,7-10,16H,6,11-12H2,1-4H3,(H,22,25)/b7-5-. The highest BCUT2D eigenvalue weighted by Crippen LogP contribution is 2.30. The number of allylic oxidation sites excluding steroid dienone is 1. The van der Waals surface area contributed by atoms with Crippen molar-refractivity contribution in [2.75, 3.05) is 18.0 Å². The zero-order chi connectivity index (χ0) is 19.0. The third-order valence-electron chi connectivity index (χ3n) is 4.95. The molecule has 1 N–H and O–H groups in total. The van der Waals surface area contributed by atoms with Gasteiger partial charge in [-0.25, -0.2) is 19.6 Å². The van der Waals surface area contributed by atoms with Gasteiger partial charge in [0.25, 0.3) is 0 Å². The topological polar surface area (TPSA) is 75.5 Å². The van der Waals surface area contributed by atoms with Gasteiger partial charge in [-0.1, -0.05) is 13.0 Å². The lowest BCUT2D eigenvalue weighted by Crippen LogP contribution is -2.46. The summed E-state index contributed by atoms with van der Waals surface area (Å²) in [5.41, 5.74) is 3.34. The first-order chi connectivity index (χ1) is 13.1. The molecule has 0 saturated carbocycles. The Hall–Kier alpha value is -2.96. The second-order valence-corrected chi connectivity index (χ2v) is 7.01. The molecule has 27 heavy (non-hydrogen) atoms. The van der Waals surface area contributed by atoms with Crippen molar-refractivity contribution in [3.8, 4) is 5.82 Å². The summed E-state index contributed by atoms with van der Waals surface area (Å²) in [7, 11) is 0. The summed E-state index contributed by atoms with van der Waals surface area (Å²) < 4.78 is 1.83. The molecule has 1 saturated heterocycles. The van der Waals surface area contributed by atoms with Crippen molar-refractivity contribution in [1.82, 2.24) is 29.7 Å². The van der Waals surface area contributed by atoms with Crippen LogP contribution < -0.4 is 4.90 Å². The number of aryl methyl sites for hydroxylation is 3. The van der Waals surface area contributed by atoms with Crippen LogP contribution in [0.5, 0.6) is 0 Å². The summed E-state index contributed by atoms with van der Waals surface area (Å²) in [6.45, 7) is 9.92. The predicted molar refractivity (Wildman–Crippen MR) is 106 cm³/mol. The molecule has 1 fully saturated rings. The van der Waals surface area contributed by atoms with Gasteiger partial charge in [-0.15, -0.1) is 0 Å². The van der Waals surface area contributed by atoms with E-state index in [0.29, 0.717) is 5.92 Å². The minimum Gasteiger partial charge on any atom is -0.355 e. The minimum absolute atomic E-state index is 0.401. The number of nitrogens with zero attached hydrogens (tertiary/aromatic N) is 6. The van der Waals surface area contributed by atoms with Crippen LogP contribution in [-0.2, 0) is 6.42 Å². The third-order valence-corrected chi connectivity index (χ3v) is 4.95. The van der Waals surface area contributed by atoms with Crippen LogP contribution in [0.25, 0.3) is 11.9 Å². The van der Waals surface area contributed by atoms with Gasteiger partial charge in [0.1, 0.15) is 17.5 Å². The number of nitrogens with one attached hydrogen (secondary N) is 1. The average molecular weight is 363 g/mol. The molecule has 0 aliphatic carbocycles. The van der Waals surface area contributed by atoms with E-state index in [1.54, 1.807) is 0 Å². The van der Waals surface area contributed by atoms with E-state index in [9.17, 15) is 0 Å². The molecule has 7 heteroatoms. The maximum absolute atomic E-state index is 4.73. The first-order valence-electron chi connectivity index (χ1n) is 9.41. The van der Waals surface area contributed by atoms with Crippen LogP contribution in [-0.4, -0.2) is 42.8 Å². The molecule has 0 atom stereocenters. The number of H-pyrrole nitrogens is 1. The molecular weight excluding hydrogens is 338 g/mol. The van der Waals surface area contributed by atoms with Crippen LogP contribution in [0.1, 0.15) is 48.4 Å². The van der Waals surface area contributed by atoms with E-state index in [1.807, 2.05) is 49.1 Å². The number of aromatic nitrogens is 6. The Balaban J connectivity index is 1.51. The van der Waals surface area contributed by atoms with Crippen LogP contribution in [0.4, 0.5) is 5.82 Å². The smallest absolute Gasteiger partial charge is 0.159 e. The lowest BCUT2D eigenvalue weighted by Gasteiger charge is -2.39. The summed E-state index contributed by atoms with van der Waals surface area (Å²) in [5.74, 6) is 3.97. The van der Waals surface area contributed by atoms with Crippen LogP contribution in [0.3, 0.4) is 0 Å². The highest BCUT2D eigenvalue weighted by atomic mass is 15.3. The van der Waals surface area contributed by atoms with Gasteiger partial charge in [-0.3, -0.25) is 0 Å². The number of hydrogen-bond acceptors (Lipinski definition) is 5. The van der Waals surface area contributed by atoms with Gasteiger partial charge in [0.05, 0.1) is 17.8 Å².